The molecule has 80 valence electrons. The van der Waals surface area contributed by atoms with Crippen molar-refractivity contribution in [1.82, 2.24) is 0 Å². The van der Waals surface area contributed by atoms with Gasteiger partial charge in [-0.2, -0.15) is 0 Å². The van der Waals surface area contributed by atoms with Gasteiger partial charge in [0.25, 0.3) is 0 Å². The molecule has 0 fully saturated rings. The highest BCUT2D eigenvalue weighted by molar-refractivity contribution is 14.1. The lowest BCUT2D eigenvalue weighted by atomic mass is 9.97. The van der Waals surface area contributed by atoms with E-state index in [4.69, 9.17) is 0 Å². The summed E-state index contributed by atoms with van der Waals surface area (Å²) >= 11 is 2.47. The van der Waals surface area contributed by atoms with Gasteiger partial charge in [-0.3, -0.25) is 0 Å². The van der Waals surface area contributed by atoms with Crippen LogP contribution in [-0.2, 0) is 0 Å². The zero-order valence-electron chi connectivity index (χ0n) is 9.32. The first-order valence-electron chi connectivity index (χ1n) is 5.87. The predicted octanol–water partition coefficient (Wildman–Crippen LogP) is 5.20. The molecule has 0 saturated heterocycles. The van der Waals surface area contributed by atoms with Gasteiger partial charge in [0, 0.05) is 0 Å². The summed E-state index contributed by atoms with van der Waals surface area (Å²) in [6.45, 7) is 4.70. The molecule has 1 atom stereocenters. The molecule has 0 rings (SSSR count). The Hall–Kier alpha value is 0.730. The first kappa shape index (κ1) is 13.7. The van der Waals surface area contributed by atoms with E-state index in [1.807, 2.05) is 0 Å². The highest BCUT2D eigenvalue weighted by Gasteiger charge is 2.00. The minimum atomic E-state index is 0.972. The second kappa shape index (κ2) is 10.8. The maximum Gasteiger partial charge on any atom is -0.000473 e. The van der Waals surface area contributed by atoms with Crippen LogP contribution in [0.25, 0.3) is 0 Å². The number of hydrogen-bond acceptors (Lipinski definition) is 0. The molecule has 1 unspecified atom stereocenters. The molecule has 0 radical (unpaired) electrons. The van der Waals surface area contributed by atoms with Crippen LogP contribution in [0.1, 0.15) is 65.2 Å². The molecule has 0 spiro atoms. The van der Waals surface area contributed by atoms with Crippen molar-refractivity contribution in [2.45, 2.75) is 65.2 Å². The van der Waals surface area contributed by atoms with E-state index in [-0.39, 0.29) is 0 Å². The Morgan fingerprint density at radius 1 is 0.923 bits per heavy atom. The maximum atomic E-state index is 2.47. The largest absolute Gasteiger partial charge is 0.0864 e. The SMILES string of the molecule is CCCCCCC(C)CCCCI. The molecule has 0 aromatic rings. The molecule has 0 heterocycles. The molecule has 0 saturated carbocycles. The molecule has 0 N–H and O–H groups in total. The van der Waals surface area contributed by atoms with Crippen LogP contribution in [0.4, 0.5) is 0 Å². The van der Waals surface area contributed by atoms with Gasteiger partial charge in [0.1, 0.15) is 0 Å². The standard InChI is InChI=1S/C12H25I/c1-3-4-5-6-9-12(2)10-7-8-11-13/h12H,3-11H2,1-2H3. The quantitative estimate of drug-likeness (QED) is 0.312. The van der Waals surface area contributed by atoms with E-state index in [1.165, 1.54) is 55.8 Å². The molecule has 0 aliphatic rings. The first-order valence-corrected chi connectivity index (χ1v) is 7.39. The second-order valence-electron chi connectivity index (χ2n) is 4.14. The monoisotopic (exact) mass is 296 g/mol. The molecule has 1 heteroatoms. The fraction of sp³-hybridized carbons (Fsp3) is 1.00. The van der Waals surface area contributed by atoms with Gasteiger partial charge in [-0.05, 0) is 16.8 Å². The highest BCUT2D eigenvalue weighted by atomic mass is 127. The summed E-state index contributed by atoms with van der Waals surface area (Å²) in [7, 11) is 0. The van der Waals surface area contributed by atoms with Crippen molar-refractivity contribution in [3.63, 3.8) is 0 Å². The summed E-state index contributed by atoms with van der Waals surface area (Å²) in [6.07, 6.45) is 11.5. The van der Waals surface area contributed by atoms with Gasteiger partial charge in [-0.25, -0.2) is 0 Å². The number of alkyl halides is 1. The van der Waals surface area contributed by atoms with E-state index in [0.717, 1.165) is 5.92 Å². The van der Waals surface area contributed by atoms with Crippen LogP contribution in [-0.4, -0.2) is 4.43 Å². The van der Waals surface area contributed by atoms with Gasteiger partial charge in [0.2, 0.25) is 0 Å². The van der Waals surface area contributed by atoms with Gasteiger partial charge < -0.3 is 0 Å². The summed E-state index contributed by atoms with van der Waals surface area (Å²) in [4.78, 5) is 0. The van der Waals surface area contributed by atoms with Crippen molar-refractivity contribution < 1.29 is 0 Å². The number of unbranched alkanes of at least 4 members (excludes halogenated alkanes) is 4. The number of hydrogen-bond donors (Lipinski definition) is 0. The third kappa shape index (κ3) is 10.7. The van der Waals surface area contributed by atoms with Gasteiger partial charge in [-0.15, -0.1) is 0 Å². The lowest BCUT2D eigenvalue weighted by Crippen LogP contribution is -1.95. The molecule has 0 aliphatic heterocycles. The van der Waals surface area contributed by atoms with Crippen molar-refractivity contribution in [2.24, 2.45) is 5.92 Å². The molecule has 0 nitrogen and oxygen atoms in total. The number of halogens is 1. The average molecular weight is 296 g/mol. The van der Waals surface area contributed by atoms with Gasteiger partial charge in [-0.1, -0.05) is 81.4 Å². The van der Waals surface area contributed by atoms with Crippen molar-refractivity contribution in [3.8, 4) is 0 Å². The Bertz CT molecular complexity index is 91.1. The second-order valence-corrected chi connectivity index (χ2v) is 5.22. The van der Waals surface area contributed by atoms with E-state index in [0.29, 0.717) is 0 Å². The minimum absolute atomic E-state index is 0.972. The molecule has 0 aliphatic carbocycles. The Balaban J connectivity index is 3.05. The van der Waals surface area contributed by atoms with E-state index in [9.17, 15) is 0 Å². The fourth-order valence-electron chi connectivity index (χ4n) is 1.65. The van der Waals surface area contributed by atoms with Crippen molar-refractivity contribution >= 4 is 22.6 Å². The smallest absolute Gasteiger partial charge is 0.000473 e. The van der Waals surface area contributed by atoms with E-state index in [2.05, 4.69) is 36.4 Å². The van der Waals surface area contributed by atoms with Crippen LogP contribution in [0.5, 0.6) is 0 Å². The van der Waals surface area contributed by atoms with Gasteiger partial charge in [0.05, 0.1) is 0 Å². The van der Waals surface area contributed by atoms with Crippen molar-refractivity contribution in [2.75, 3.05) is 4.43 Å². The Labute approximate surface area is 98.0 Å². The lowest BCUT2D eigenvalue weighted by molar-refractivity contribution is 0.446. The summed E-state index contributed by atoms with van der Waals surface area (Å²) in [6, 6.07) is 0. The third-order valence-electron chi connectivity index (χ3n) is 2.63. The Kier molecular flexibility index (Phi) is 11.4. The molecule has 0 amide bonds. The van der Waals surface area contributed by atoms with E-state index in [1.54, 1.807) is 0 Å². The molecule has 0 aromatic carbocycles. The lowest BCUT2D eigenvalue weighted by Gasteiger charge is -2.09. The molecule has 13 heavy (non-hydrogen) atoms. The third-order valence-corrected chi connectivity index (χ3v) is 3.39. The van der Waals surface area contributed by atoms with Crippen LogP contribution in [0.3, 0.4) is 0 Å². The van der Waals surface area contributed by atoms with Crippen LogP contribution in [0.2, 0.25) is 0 Å². The van der Waals surface area contributed by atoms with Crippen molar-refractivity contribution in [1.29, 1.82) is 0 Å². The minimum Gasteiger partial charge on any atom is -0.0864 e. The Morgan fingerprint density at radius 3 is 2.08 bits per heavy atom. The first-order chi connectivity index (χ1) is 6.31. The normalized spacial score (nSPS) is 13.2. The van der Waals surface area contributed by atoms with Gasteiger partial charge in [0.15, 0.2) is 0 Å². The Morgan fingerprint density at radius 2 is 1.54 bits per heavy atom. The summed E-state index contributed by atoms with van der Waals surface area (Å²) in [5.74, 6) is 0.972. The fourth-order valence-corrected chi connectivity index (χ4v) is 2.19. The molecule has 0 bridgehead atoms. The van der Waals surface area contributed by atoms with Crippen LogP contribution in [0, 0.1) is 5.92 Å². The molecular weight excluding hydrogens is 271 g/mol. The van der Waals surface area contributed by atoms with Gasteiger partial charge >= 0.3 is 0 Å². The van der Waals surface area contributed by atoms with E-state index < -0.39 is 0 Å². The van der Waals surface area contributed by atoms with Crippen LogP contribution < -0.4 is 0 Å². The zero-order valence-corrected chi connectivity index (χ0v) is 11.5. The molecular formula is C12H25I. The topological polar surface area (TPSA) is 0 Å². The average Bonchev–Trinajstić information content (AvgIpc) is 2.13. The summed E-state index contributed by atoms with van der Waals surface area (Å²) in [5.41, 5.74) is 0. The predicted molar refractivity (Wildman–Crippen MR) is 70.7 cm³/mol. The molecule has 0 aromatic heterocycles. The maximum absolute atomic E-state index is 2.47. The summed E-state index contributed by atoms with van der Waals surface area (Å²) < 4.78 is 1.33. The zero-order chi connectivity index (χ0) is 9.94. The van der Waals surface area contributed by atoms with E-state index >= 15 is 0 Å². The van der Waals surface area contributed by atoms with Crippen molar-refractivity contribution in [3.05, 3.63) is 0 Å². The van der Waals surface area contributed by atoms with Crippen LogP contribution in [0.15, 0.2) is 0 Å². The summed E-state index contributed by atoms with van der Waals surface area (Å²) in [5, 5.41) is 0. The highest BCUT2D eigenvalue weighted by Crippen LogP contribution is 2.16. The van der Waals surface area contributed by atoms with Crippen LogP contribution >= 0.6 is 22.6 Å². The number of rotatable bonds is 9.